The average molecular weight is 218 g/mol. The van der Waals surface area contributed by atoms with E-state index in [1.54, 1.807) is 6.92 Å². The molecule has 78 valence electrons. The molecule has 6 heteroatoms. The second kappa shape index (κ2) is 4.47. The molecule has 0 saturated heterocycles. The van der Waals surface area contributed by atoms with Gasteiger partial charge in [-0.05, 0) is 19.1 Å². The summed E-state index contributed by atoms with van der Waals surface area (Å²) < 4.78 is 36.8. The van der Waals surface area contributed by atoms with E-state index in [1.807, 2.05) is 0 Å². The van der Waals surface area contributed by atoms with Gasteiger partial charge in [-0.1, -0.05) is 0 Å². The van der Waals surface area contributed by atoms with Gasteiger partial charge in [-0.25, -0.2) is 17.5 Å². The second-order valence-electron chi connectivity index (χ2n) is 2.69. The summed E-state index contributed by atoms with van der Waals surface area (Å²) in [5.41, 5.74) is 0.489. The Balaban J connectivity index is 2.59. The molecule has 0 bridgehead atoms. The summed E-state index contributed by atoms with van der Waals surface area (Å²) >= 11 is 0. The van der Waals surface area contributed by atoms with Gasteiger partial charge < -0.3 is 0 Å². The van der Waals surface area contributed by atoms with Crippen LogP contribution in [0.5, 0.6) is 0 Å². The second-order valence-corrected chi connectivity index (χ2v) is 4.79. The van der Waals surface area contributed by atoms with Gasteiger partial charge in [0, 0.05) is 0 Å². The zero-order chi connectivity index (χ0) is 10.6. The van der Waals surface area contributed by atoms with Crippen LogP contribution in [0, 0.1) is 5.82 Å². The van der Waals surface area contributed by atoms with Crippen molar-refractivity contribution in [1.82, 2.24) is 9.71 Å². The maximum absolute atomic E-state index is 12.4. The summed E-state index contributed by atoms with van der Waals surface area (Å²) in [5, 5.41) is 0. The lowest BCUT2D eigenvalue weighted by Gasteiger charge is -2.03. The highest BCUT2D eigenvalue weighted by Gasteiger charge is 2.05. The smallest absolute Gasteiger partial charge is 0.211 e. The zero-order valence-electron chi connectivity index (χ0n) is 7.70. The lowest BCUT2D eigenvalue weighted by molar-refractivity contribution is 0.581. The zero-order valence-corrected chi connectivity index (χ0v) is 8.51. The van der Waals surface area contributed by atoms with Gasteiger partial charge in [-0.3, -0.25) is 4.98 Å². The van der Waals surface area contributed by atoms with Crippen LogP contribution in [0.25, 0.3) is 0 Å². The lowest BCUT2D eigenvalue weighted by atomic mass is 10.3. The van der Waals surface area contributed by atoms with Crippen molar-refractivity contribution in [1.29, 1.82) is 0 Å². The molecule has 0 aliphatic heterocycles. The van der Waals surface area contributed by atoms with E-state index in [0.29, 0.717) is 5.69 Å². The van der Waals surface area contributed by atoms with Crippen LogP contribution in [0.1, 0.15) is 12.6 Å². The van der Waals surface area contributed by atoms with Crippen LogP contribution < -0.4 is 4.72 Å². The van der Waals surface area contributed by atoms with Crippen LogP contribution in [-0.4, -0.2) is 19.2 Å². The van der Waals surface area contributed by atoms with E-state index < -0.39 is 15.8 Å². The van der Waals surface area contributed by atoms with Crippen molar-refractivity contribution in [3.05, 3.63) is 29.8 Å². The normalized spacial score (nSPS) is 11.6. The van der Waals surface area contributed by atoms with Crippen LogP contribution in [-0.2, 0) is 16.6 Å². The Morgan fingerprint density at radius 3 is 2.71 bits per heavy atom. The molecule has 14 heavy (non-hydrogen) atoms. The van der Waals surface area contributed by atoms with Gasteiger partial charge in [-0.2, -0.15) is 0 Å². The van der Waals surface area contributed by atoms with E-state index in [2.05, 4.69) is 9.71 Å². The number of nitrogens with zero attached hydrogens (tertiary/aromatic N) is 1. The molecule has 1 aromatic heterocycles. The quantitative estimate of drug-likeness (QED) is 0.807. The average Bonchev–Trinajstić information content (AvgIpc) is 2.17. The molecule has 0 radical (unpaired) electrons. The fourth-order valence-electron chi connectivity index (χ4n) is 0.797. The lowest BCUT2D eigenvalue weighted by Crippen LogP contribution is -2.25. The Morgan fingerprint density at radius 1 is 1.50 bits per heavy atom. The number of sulfonamides is 1. The first kappa shape index (κ1) is 11.1. The molecular weight excluding hydrogens is 207 g/mol. The van der Waals surface area contributed by atoms with Gasteiger partial charge in [-0.15, -0.1) is 0 Å². The fraction of sp³-hybridized carbons (Fsp3) is 0.375. The summed E-state index contributed by atoms with van der Waals surface area (Å²) in [7, 11) is -3.21. The molecule has 1 N–H and O–H groups in total. The number of aromatic nitrogens is 1. The van der Waals surface area contributed by atoms with Gasteiger partial charge in [0.15, 0.2) is 0 Å². The van der Waals surface area contributed by atoms with Crippen molar-refractivity contribution < 1.29 is 12.8 Å². The monoisotopic (exact) mass is 218 g/mol. The van der Waals surface area contributed by atoms with Crippen molar-refractivity contribution in [2.45, 2.75) is 13.5 Å². The number of hydrogen-bond donors (Lipinski definition) is 1. The summed E-state index contributed by atoms with van der Waals surface area (Å²) in [5.74, 6) is -0.416. The summed E-state index contributed by atoms with van der Waals surface area (Å²) in [6.07, 6.45) is 1.05. The third kappa shape index (κ3) is 3.39. The van der Waals surface area contributed by atoms with Gasteiger partial charge in [0.2, 0.25) is 10.0 Å². The first-order valence-corrected chi connectivity index (χ1v) is 5.76. The number of pyridine rings is 1. The predicted molar refractivity (Wildman–Crippen MR) is 50.5 cm³/mol. The molecule has 0 atom stereocenters. The highest BCUT2D eigenvalue weighted by Crippen LogP contribution is 1.98. The SMILES string of the molecule is CCS(=O)(=O)NCc1ccc(F)cn1. The van der Waals surface area contributed by atoms with Crippen LogP contribution in [0.2, 0.25) is 0 Å². The van der Waals surface area contributed by atoms with Crippen molar-refractivity contribution in [2.75, 3.05) is 5.75 Å². The summed E-state index contributed by atoms with van der Waals surface area (Å²) in [6, 6.07) is 2.68. The van der Waals surface area contributed by atoms with Crippen molar-refractivity contribution in [3.8, 4) is 0 Å². The van der Waals surface area contributed by atoms with E-state index in [0.717, 1.165) is 6.20 Å². The molecule has 1 rings (SSSR count). The van der Waals surface area contributed by atoms with Crippen molar-refractivity contribution in [3.63, 3.8) is 0 Å². The van der Waals surface area contributed by atoms with E-state index in [9.17, 15) is 12.8 Å². The minimum Gasteiger partial charge on any atom is -0.257 e. The number of rotatable bonds is 4. The molecule has 0 unspecified atom stereocenters. The molecule has 4 nitrogen and oxygen atoms in total. The first-order chi connectivity index (χ1) is 6.53. The van der Waals surface area contributed by atoms with Crippen molar-refractivity contribution >= 4 is 10.0 Å². The fourth-order valence-corrected chi connectivity index (χ4v) is 1.37. The largest absolute Gasteiger partial charge is 0.257 e. The van der Waals surface area contributed by atoms with Crippen LogP contribution in [0.15, 0.2) is 18.3 Å². The Hall–Kier alpha value is -1.01. The standard InChI is InChI=1S/C8H11FN2O2S/c1-2-14(12,13)11-6-8-4-3-7(9)5-10-8/h3-5,11H,2,6H2,1H3. The predicted octanol–water partition coefficient (Wildman–Crippen LogP) is 0.660. The third-order valence-corrected chi connectivity index (χ3v) is 2.99. The minimum atomic E-state index is -3.21. The molecule has 1 heterocycles. The Labute approximate surface area is 82.2 Å². The molecule has 1 aromatic rings. The van der Waals surface area contributed by atoms with Gasteiger partial charge in [0.25, 0.3) is 0 Å². The minimum absolute atomic E-state index is 0.0220. The summed E-state index contributed by atoms with van der Waals surface area (Å²) in [4.78, 5) is 3.71. The molecule has 0 spiro atoms. The number of hydrogen-bond acceptors (Lipinski definition) is 3. The highest BCUT2D eigenvalue weighted by atomic mass is 32.2. The van der Waals surface area contributed by atoms with Gasteiger partial charge in [0.1, 0.15) is 5.82 Å². The van der Waals surface area contributed by atoms with Crippen LogP contribution >= 0.6 is 0 Å². The Morgan fingerprint density at radius 2 is 2.21 bits per heavy atom. The van der Waals surface area contributed by atoms with E-state index in [1.165, 1.54) is 12.1 Å². The first-order valence-electron chi connectivity index (χ1n) is 4.11. The maximum atomic E-state index is 12.4. The van der Waals surface area contributed by atoms with E-state index >= 15 is 0 Å². The molecule has 0 aliphatic rings. The van der Waals surface area contributed by atoms with E-state index in [-0.39, 0.29) is 12.3 Å². The maximum Gasteiger partial charge on any atom is 0.211 e. The molecule has 0 aliphatic carbocycles. The van der Waals surface area contributed by atoms with Crippen molar-refractivity contribution in [2.24, 2.45) is 0 Å². The Kier molecular flexibility index (Phi) is 3.54. The molecule has 0 amide bonds. The number of halogens is 1. The van der Waals surface area contributed by atoms with Crippen LogP contribution in [0.3, 0.4) is 0 Å². The van der Waals surface area contributed by atoms with E-state index in [4.69, 9.17) is 0 Å². The number of nitrogens with one attached hydrogen (secondary N) is 1. The third-order valence-electron chi connectivity index (χ3n) is 1.64. The highest BCUT2D eigenvalue weighted by molar-refractivity contribution is 7.89. The summed E-state index contributed by atoms with van der Waals surface area (Å²) in [6.45, 7) is 1.64. The molecular formula is C8H11FN2O2S. The van der Waals surface area contributed by atoms with Crippen LogP contribution in [0.4, 0.5) is 4.39 Å². The Bertz CT molecular complexity index is 388. The topological polar surface area (TPSA) is 59.1 Å². The molecule has 0 fully saturated rings. The van der Waals surface area contributed by atoms with Gasteiger partial charge >= 0.3 is 0 Å². The molecule has 0 saturated carbocycles. The van der Waals surface area contributed by atoms with Gasteiger partial charge in [0.05, 0.1) is 24.2 Å². The molecule has 0 aromatic carbocycles.